The van der Waals surface area contributed by atoms with E-state index in [1.165, 1.54) is 17.3 Å². The van der Waals surface area contributed by atoms with Gasteiger partial charge >= 0.3 is 5.97 Å². The third-order valence-electron chi connectivity index (χ3n) is 3.55. The molecule has 0 saturated heterocycles. The Balaban J connectivity index is 1.85. The Labute approximate surface area is 116 Å². The number of hydrogen-bond donors (Lipinski definition) is 2. The minimum Gasteiger partial charge on any atom is -0.476 e. The lowest BCUT2D eigenvalue weighted by Gasteiger charge is -2.26. The van der Waals surface area contributed by atoms with Gasteiger partial charge in [-0.1, -0.05) is 24.3 Å². The van der Waals surface area contributed by atoms with E-state index < -0.39 is 5.97 Å². The van der Waals surface area contributed by atoms with Crippen LogP contribution in [0.5, 0.6) is 0 Å². The van der Waals surface area contributed by atoms with Gasteiger partial charge in [0.2, 0.25) is 0 Å². The fraction of sp³-hybridized carbons (Fsp3) is 0.267. The Kier molecular flexibility index (Phi) is 3.33. The molecule has 1 aromatic heterocycles. The van der Waals surface area contributed by atoms with Crippen molar-refractivity contribution in [3.63, 3.8) is 0 Å². The Morgan fingerprint density at radius 3 is 3.00 bits per heavy atom. The van der Waals surface area contributed by atoms with Crippen LogP contribution in [0.1, 0.15) is 40.5 Å². The van der Waals surface area contributed by atoms with Gasteiger partial charge < -0.3 is 10.4 Å². The molecule has 0 saturated carbocycles. The number of aromatic carboxylic acids is 1. The maximum atomic E-state index is 10.9. The van der Waals surface area contributed by atoms with Crippen molar-refractivity contribution in [2.45, 2.75) is 25.3 Å². The zero-order valence-electron chi connectivity index (χ0n) is 10.9. The van der Waals surface area contributed by atoms with Crippen molar-refractivity contribution in [3.05, 3.63) is 53.5 Å². The minimum atomic E-state index is -1.06. The molecule has 1 aliphatic carbocycles. The molecule has 1 aromatic carbocycles. The van der Waals surface area contributed by atoms with Crippen LogP contribution in [0.2, 0.25) is 0 Å². The van der Waals surface area contributed by atoms with Gasteiger partial charge in [-0.15, -0.1) is 0 Å². The van der Waals surface area contributed by atoms with Gasteiger partial charge in [-0.25, -0.2) is 9.78 Å². The van der Waals surface area contributed by atoms with Crippen molar-refractivity contribution in [1.82, 2.24) is 9.97 Å². The van der Waals surface area contributed by atoms with Crippen molar-refractivity contribution >= 4 is 11.8 Å². The van der Waals surface area contributed by atoms with Gasteiger partial charge in [0.1, 0.15) is 5.82 Å². The van der Waals surface area contributed by atoms with Crippen LogP contribution in [0, 0.1) is 0 Å². The Morgan fingerprint density at radius 2 is 2.15 bits per heavy atom. The number of carbonyl (C=O) groups is 1. The summed E-state index contributed by atoms with van der Waals surface area (Å²) < 4.78 is 0. The van der Waals surface area contributed by atoms with Crippen LogP contribution < -0.4 is 5.32 Å². The van der Waals surface area contributed by atoms with Gasteiger partial charge in [-0.2, -0.15) is 0 Å². The molecule has 5 heteroatoms. The topological polar surface area (TPSA) is 75.1 Å². The molecule has 5 nitrogen and oxygen atoms in total. The largest absolute Gasteiger partial charge is 0.476 e. The Morgan fingerprint density at radius 1 is 1.30 bits per heavy atom. The highest BCUT2D eigenvalue weighted by Gasteiger charge is 2.20. The quantitative estimate of drug-likeness (QED) is 0.896. The first-order chi connectivity index (χ1) is 9.74. The first-order valence-electron chi connectivity index (χ1n) is 6.64. The summed E-state index contributed by atoms with van der Waals surface area (Å²) in [7, 11) is 0. The fourth-order valence-electron chi connectivity index (χ4n) is 2.62. The zero-order chi connectivity index (χ0) is 13.9. The minimum absolute atomic E-state index is 0.0425. The third-order valence-corrected chi connectivity index (χ3v) is 3.55. The molecule has 0 bridgehead atoms. The maximum absolute atomic E-state index is 10.9. The van der Waals surface area contributed by atoms with E-state index >= 15 is 0 Å². The predicted molar refractivity (Wildman–Crippen MR) is 74.7 cm³/mol. The number of rotatable bonds is 3. The smallest absolute Gasteiger partial charge is 0.356 e. The molecule has 1 unspecified atom stereocenters. The average Bonchev–Trinajstić information content (AvgIpc) is 2.48. The predicted octanol–water partition coefficient (Wildman–Crippen LogP) is 2.66. The monoisotopic (exact) mass is 269 g/mol. The van der Waals surface area contributed by atoms with E-state index in [1.807, 2.05) is 12.1 Å². The van der Waals surface area contributed by atoms with Gasteiger partial charge in [0.25, 0.3) is 0 Å². The first-order valence-corrected chi connectivity index (χ1v) is 6.64. The van der Waals surface area contributed by atoms with E-state index in [-0.39, 0.29) is 11.7 Å². The summed E-state index contributed by atoms with van der Waals surface area (Å²) in [5, 5.41) is 12.2. The van der Waals surface area contributed by atoms with Crippen molar-refractivity contribution in [3.8, 4) is 0 Å². The maximum Gasteiger partial charge on any atom is 0.356 e. The number of nitrogens with one attached hydrogen (secondary N) is 1. The summed E-state index contributed by atoms with van der Waals surface area (Å²) in [6.07, 6.45) is 6.03. The molecule has 102 valence electrons. The van der Waals surface area contributed by atoms with Crippen molar-refractivity contribution < 1.29 is 9.90 Å². The molecule has 1 heterocycles. The van der Waals surface area contributed by atoms with Crippen LogP contribution in [-0.2, 0) is 6.42 Å². The van der Waals surface area contributed by atoms with Crippen molar-refractivity contribution in [2.24, 2.45) is 0 Å². The molecular weight excluding hydrogens is 254 g/mol. The molecule has 0 amide bonds. The number of hydrogen-bond acceptors (Lipinski definition) is 4. The highest BCUT2D eigenvalue weighted by Crippen LogP contribution is 2.31. The molecular formula is C15H15N3O2. The summed E-state index contributed by atoms with van der Waals surface area (Å²) in [6.45, 7) is 0. The van der Waals surface area contributed by atoms with Gasteiger partial charge in [-0.05, 0) is 30.4 Å². The average molecular weight is 269 g/mol. The molecule has 20 heavy (non-hydrogen) atoms. The highest BCUT2D eigenvalue weighted by molar-refractivity contribution is 5.85. The number of fused-ring (bicyclic) bond motifs is 1. The number of nitrogens with zero attached hydrogens (tertiary/aromatic N) is 2. The molecule has 1 atom stereocenters. The summed E-state index contributed by atoms with van der Waals surface area (Å²) in [6, 6.07) is 8.49. The summed E-state index contributed by atoms with van der Waals surface area (Å²) in [4.78, 5) is 18.9. The van der Waals surface area contributed by atoms with Crippen molar-refractivity contribution in [2.75, 3.05) is 5.32 Å². The Hall–Kier alpha value is -2.43. The number of carboxylic acids is 1. The number of anilines is 1. The second-order valence-electron chi connectivity index (χ2n) is 4.88. The molecule has 0 radical (unpaired) electrons. The van der Waals surface area contributed by atoms with Crippen LogP contribution in [0.15, 0.2) is 36.7 Å². The third kappa shape index (κ3) is 2.47. The van der Waals surface area contributed by atoms with E-state index in [2.05, 4.69) is 27.4 Å². The molecule has 3 rings (SSSR count). The summed E-state index contributed by atoms with van der Waals surface area (Å²) >= 11 is 0. The van der Waals surface area contributed by atoms with Crippen LogP contribution in [0.4, 0.5) is 5.82 Å². The second-order valence-corrected chi connectivity index (χ2v) is 4.88. The van der Waals surface area contributed by atoms with Gasteiger partial charge in [0.15, 0.2) is 5.69 Å². The summed E-state index contributed by atoms with van der Waals surface area (Å²) in [5.41, 5.74) is 2.57. The van der Waals surface area contributed by atoms with Crippen LogP contribution in [0.3, 0.4) is 0 Å². The van der Waals surface area contributed by atoms with Gasteiger partial charge in [0.05, 0.1) is 18.4 Å². The number of benzene rings is 1. The lowest BCUT2D eigenvalue weighted by Crippen LogP contribution is -2.18. The SMILES string of the molecule is O=C(O)c1cncc(NC2CCCc3ccccc32)n1. The number of aromatic nitrogens is 2. The number of aryl methyl sites for hydroxylation is 1. The molecule has 0 spiro atoms. The van der Waals surface area contributed by atoms with Crippen LogP contribution >= 0.6 is 0 Å². The highest BCUT2D eigenvalue weighted by atomic mass is 16.4. The molecule has 2 aromatic rings. The zero-order valence-corrected chi connectivity index (χ0v) is 10.9. The molecule has 1 aliphatic rings. The summed E-state index contributed by atoms with van der Waals surface area (Å²) in [5.74, 6) is -0.559. The van der Waals surface area contributed by atoms with E-state index in [4.69, 9.17) is 5.11 Å². The Bertz CT molecular complexity index is 643. The van der Waals surface area contributed by atoms with E-state index in [9.17, 15) is 4.79 Å². The first kappa shape index (κ1) is 12.6. The standard InChI is InChI=1S/C15H15N3O2/c19-15(20)13-8-16-9-14(18-13)17-12-7-3-5-10-4-1-2-6-11(10)12/h1-2,4,6,8-9,12H,3,5,7H2,(H,17,18)(H,19,20). The van der Waals surface area contributed by atoms with Crippen LogP contribution in [-0.4, -0.2) is 21.0 Å². The lowest BCUT2D eigenvalue weighted by atomic mass is 9.88. The second kappa shape index (κ2) is 5.28. The van der Waals surface area contributed by atoms with E-state index in [0.717, 1.165) is 19.3 Å². The van der Waals surface area contributed by atoms with Gasteiger partial charge in [-0.3, -0.25) is 4.98 Å². The van der Waals surface area contributed by atoms with E-state index in [0.29, 0.717) is 5.82 Å². The van der Waals surface area contributed by atoms with Gasteiger partial charge in [0, 0.05) is 0 Å². The number of carboxylic acid groups (broad SMARTS) is 1. The molecule has 0 fully saturated rings. The van der Waals surface area contributed by atoms with Crippen LogP contribution in [0.25, 0.3) is 0 Å². The fourth-order valence-corrected chi connectivity index (χ4v) is 2.62. The van der Waals surface area contributed by atoms with E-state index in [1.54, 1.807) is 6.20 Å². The lowest BCUT2D eigenvalue weighted by molar-refractivity contribution is 0.0690. The normalized spacial score (nSPS) is 17.3. The molecule has 0 aliphatic heterocycles. The van der Waals surface area contributed by atoms with Crippen molar-refractivity contribution in [1.29, 1.82) is 0 Å². The molecule has 2 N–H and O–H groups in total.